The summed E-state index contributed by atoms with van der Waals surface area (Å²) in [5.41, 5.74) is -0.495. The Morgan fingerprint density at radius 1 is 1.13 bits per heavy atom. The third-order valence-electron chi connectivity index (χ3n) is 1.79. The molecule has 0 saturated carbocycles. The lowest BCUT2D eigenvalue weighted by molar-refractivity contribution is -0.135. The molecule has 0 saturated heterocycles. The minimum atomic E-state index is -4.33. The molecule has 0 radical (unpaired) electrons. The zero-order valence-corrected chi connectivity index (χ0v) is 9.01. The van der Waals surface area contributed by atoms with Gasteiger partial charge in [0.05, 0.1) is 15.6 Å². The van der Waals surface area contributed by atoms with E-state index in [1.807, 2.05) is 0 Å². The van der Waals surface area contributed by atoms with Crippen molar-refractivity contribution >= 4 is 23.2 Å². The first-order valence-electron chi connectivity index (χ1n) is 3.89. The Labute approximate surface area is 93.8 Å². The van der Waals surface area contributed by atoms with Crippen molar-refractivity contribution in [2.45, 2.75) is 19.3 Å². The fourth-order valence-electron chi connectivity index (χ4n) is 1.13. The Morgan fingerprint density at radius 2 is 1.53 bits per heavy atom. The van der Waals surface area contributed by atoms with E-state index >= 15 is 0 Å². The van der Waals surface area contributed by atoms with Crippen LogP contribution in [0.3, 0.4) is 0 Å². The Morgan fingerprint density at radius 3 is 1.87 bits per heavy atom. The summed E-state index contributed by atoms with van der Waals surface area (Å²) in [6.45, 7) is 1.57. The van der Waals surface area contributed by atoms with Gasteiger partial charge in [0.25, 0.3) is 0 Å². The van der Waals surface area contributed by atoms with Gasteiger partial charge in [0.1, 0.15) is 0 Å². The molecule has 15 heavy (non-hydrogen) atoms. The summed E-state index contributed by atoms with van der Waals surface area (Å²) in [6, 6.07) is 2.33. The molecular formula is C9H6Cl2F4. The SMILES string of the molecule is Cc1cc(Cl)c(C(F)(F)C(F)F)c(Cl)c1. The molecule has 0 aliphatic heterocycles. The van der Waals surface area contributed by atoms with Gasteiger partial charge in [-0.1, -0.05) is 23.2 Å². The fourth-order valence-corrected chi connectivity index (χ4v) is 1.98. The van der Waals surface area contributed by atoms with Gasteiger partial charge in [0.2, 0.25) is 0 Å². The van der Waals surface area contributed by atoms with Crippen LogP contribution in [-0.4, -0.2) is 6.43 Å². The predicted molar refractivity (Wildman–Crippen MR) is 51.1 cm³/mol. The van der Waals surface area contributed by atoms with Gasteiger partial charge in [-0.3, -0.25) is 0 Å². The van der Waals surface area contributed by atoms with Crippen LogP contribution in [0.25, 0.3) is 0 Å². The Hall–Kier alpha value is -0.480. The standard InChI is InChI=1S/C9H6Cl2F4/c1-4-2-5(10)7(6(11)3-4)9(14,15)8(12)13/h2-3,8H,1H3. The average Bonchev–Trinajstić information content (AvgIpc) is 2.00. The molecule has 6 heteroatoms. The molecule has 0 nitrogen and oxygen atoms in total. The highest BCUT2D eigenvalue weighted by atomic mass is 35.5. The zero-order chi connectivity index (χ0) is 11.8. The van der Waals surface area contributed by atoms with Gasteiger partial charge in [-0.15, -0.1) is 0 Å². The summed E-state index contributed by atoms with van der Waals surface area (Å²) >= 11 is 10.9. The van der Waals surface area contributed by atoms with Gasteiger partial charge in [0, 0.05) is 0 Å². The summed E-state index contributed by atoms with van der Waals surface area (Å²) in [4.78, 5) is 0. The highest BCUT2D eigenvalue weighted by Crippen LogP contribution is 2.42. The second kappa shape index (κ2) is 4.18. The molecule has 1 aromatic carbocycles. The van der Waals surface area contributed by atoms with Gasteiger partial charge in [0.15, 0.2) is 0 Å². The van der Waals surface area contributed by atoms with Crippen LogP contribution < -0.4 is 0 Å². The molecule has 0 unspecified atom stereocenters. The van der Waals surface area contributed by atoms with Crippen LogP contribution in [0.5, 0.6) is 0 Å². The van der Waals surface area contributed by atoms with E-state index in [2.05, 4.69) is 0 Å². The second-order valence-electron chi connectivity index (χ2n) is 3.03. The Balaban J connectivity index is 3.38. The topological polar surface area (TPSA) is 0 Å². The molecule has 1 aromatic rings. The van der Waals surface area contributed by atoms with Gasteiger partial charge in [-0.25, -0.2) is 8.78 Å². The molecule has 0 amide bonds. The molecule has 0 N–H and O–H groups in total. The molecule has 84 valence electrons. The highest BCUT2D eigenvalue weighted by Gasteiger charge is 2.45. The van der Waals surface area contributed by atoms with Crippen LogP contribution in [0.15, 0.2) is 12.1 Å². The minimum Gasteiger partial charge on any atom is -0.203 e. The van der Waals surface area contributed by atoms with Crippen molar-refractivity contribution in [1.29, 1.82) is 0 Å². The highest BCUT2D eigenvalue weighted by molar-refractivity contribution is 6.36. The first-order valence-corrected chi connectivity index (χ1v) is 4.64. The average molecular weight is 261 g/mol. The number of benzene rings is 1. The molecule has 0 heterocycles. The third kappa shape index (κ3) is 2.37. The summed E-state index contributed by atoms with van der Waals surface area (Å²) in [7, 11) is 0. The van der Waals surface area contributed by atoms with Crippen LogP contribution in [-0.2, 0) is 5.92 Å². The lowest BCUT2D eigenvalue weighted by atomic mass is 10.1. The Kier molecular flexibility index (Phi) is 3.51. The zero-order valence-electron chi connectivity index (χ0n) is 7.50. The summed E-state index contributed by atoms with van der Waals surface area (Å²) in [6.07, 6.45) is -3.84. The molecule has 0 atom stereocenters. The number of aryl methyl sites for hydroxylation is 1. The third-order valence-corrected chi connectivity index (χ3v) is 2.39. The first-order chi connectivity index (χ1) is 6.76. The van der Waals surface area contributed by atoms with Crippen molar-refractivity contribution in [3.63, 3.8) is 0 Å². The molecule has 0 bridgehead atoms. The molecule has 0 aromatic heterocycles. The van der Waals surface area contributed by atoms with E-state index in [0.29, 0.717) is 5.56 Å². The van der Waals surface area contributed by atoms with Crippen molar-refractivity contribution in [2.24, 2.45) is 0 Å². The Bertz CT molecular complexity index is 353. The molecule has 0 spiro atoms. The van der Waals surface area contributed by atoms with Crippen LogP contribution in [0, 0.1) is 6.92 Å². The van der Waals surface area contributed by atoms with E-state index in [-0.39, 0.29) is 0 Å². The van der Waals surface area contributed by atoms with E-state index in [0.717, 1.165) is 0 Å². The number of rotatable bonds is 2. The van der Waals surface area contributed by atoms with Gasteiger partial charge in [-0.05, 0) is 24.6 Å². The number of alkyl halides is 4. The molecule has 0 aliphatic rings. The quantitative estimate of drug-likeness (QED) is 0.679. The minimum absolute atomic E-state index is 0.453. The van der Waals surface area contributed by atoms with Gasteiger partial charge in [-0.2, -0.15) is 8.78 Å². The van der Waals surface area contributed by atoms with E-state index in [9.17, 15) is 17.6 Å². The smallest absolute Gasteiger partial charge is 0.203 e. The first kappa shape index (κ1) is 12.6. The summed E-state index contributed by atoms with van der Waals surface area (Å²) in [5.74, 6) is -4.33. The van der Waals surface area contributed by atoms with Crippen molar-refractivity contribution < 1.29 is 17.6 Å². The molecule has 1 rings (SSSR count). The number of halogens is 6. The summed E-state index contributed by atoms with van der Waals surface area (Å²) < 4.78 is 50.2. The predicted octanol–water partition coefficient (Wildman–Crippen LogP) is 4.66. The van der Waals surface area contributed by atoms with Crippen LogP contribution in [0.2, 0.25) is 10.0 Å². The summed E-state index contributed by atoms with van der Waals surface area (Å²) in [5, 5.41) is -0.907. The molecular weight excluding hydrogens is 255 g/mol. The lowest BCUT2D eigenvalue weighted by Crippen LogP contribution is -2.24. The number of hydrogen-bond donors (Lipinski definition) is 0. The second-order valence-corrected chi connectivity index (χ2v) is 3.84. The van der Waals surface area contributed by atoms with E-state index in [1.54, 1.807) is 6.92 Å². The van der Waals surface area contributed by atoms with Crippen LogP contribution in [0.1, 0.15) is 11.1 Å². The maximum Gasteiger partial charge on any atom is 0.335 e. The largest absolute Gasteiger partial charge is 0.335 e. The van der Waals surface area contributed by atoms with Gasteiger partial charge >= 0.3 is 12.3 Å². The maximum absolute atomic E-state index is 13.0. The van der Waals surface area contributed by atoms with Crippen molar-refractivity contribution in [3.8, 4) is 0 Å². The lowest BCUT2D eigenvalue weighted by Gasteiger charge is -2.18. The van der Waals surface area contributed by atoms with E-state index in [1.165, 1.54) is 12.1 Å². The van der Waals surface area contributed by atoms with Crippen molar-refractivity contribution in [2.75, 3.05) is 0 Å². The van der Waals surface area contributed by atoms with Crippen molar-refractivity contribution in [3.05, 3.63) is 33.3 Å². The maximum atomic E-state index is 13.0. The van der Waals surface area contributed by atoms with Gasteiger partial charge < -0.3 is 0 Å². The normalized spacial score (nSPS) is 12.3. The monoisotopic (exact) mass is 260 g/mol. The van der Waals surface area contributed by atoms with Crippen molar-refractivity contribution in [1.82, 2.24) is 0 Å². The van der Waals surface area contributed by atoms with Crippen LogP contribution in [0.4, 0.5) is 17.6 Å². The fraction of sp³-hybridized carbons (Fsp3) is 0.333. The van der Waals surface area contributed by atoms with Crippen LogP contribution >= 0.6 is 23.2 Å². The molecule has 0 fully saturated rings. The number of hydrogen-bond acceptors (Lipinski definition) is 0. The van der Waals surface area contributed by atoms with E-state index in [4.69, 9.17) is 23.2 Å². The van der Waals surface area contributed by atoms with E-state index < -0.39 is 28.0 Å². The molecule has 0 aliphatic carbocycles.